The van der Waals surface area contributed by atoms with Crippen LogP contribution in [0.15, 0.2) is 33.8 Å². The van der Waals surface area contributed by atoms with E-state index in [1.54, 1.807) is 12.5 Å². The van der Waals surface area contributed by atoms with Crippen LogP contribution in [0.1, 0.15) is 12.5 Å². The lowest BCUT2D eigenvalue weighted by molar-refractivity contribution is 0.564. The minimum absolute atomic E-state index is 0.664. The van der Waals surface area contributed by atoms with Crippen molar-refractivity contribution in [1.82, 2.24) is 9.97 Å². The Morgan fingerprint density at radius 1 is 1.29 bits per heavy atom. The van der Waals surface area contributed by atoms with Gasteiger partial charge in [-0.05, 0) is 28.9 Å². The number of furan rings is 1. The van der Waals surface area contributed by atoms with Gasteiger partial charge in [-0.3, -0.25) is 0 Å². The molecule has 2 aromatic rings. The molecule has 5 nitrogen and oxygen atoms in total. The maximum atomic E-state index is 5.00. The number of nitrogens with zero attached hydrogens (tertiary/aromatic N) is 2. The van der Waals surface area contributed by atoms with Gasteiger partial charge in [0, 0.05) is 18.7 Å². The number of rotatable bonds is 5. The van der Waals surface area contributed by atoms with Crippen molar-refractivity contribution < 1.29 is 4.42 Å². The molecule has 0 aliphatic carbocycles. The maximum absolute atomic E-state index is 5.00. The van der Waals surface area contributed by atoms with Crippen molar-refractivity contribution in [3.8, 4) is 0 Å². The second-order valence-corrected chi connectivity index (χ2v) is 4.19. The van der Waals surface area contributed by atoms with E-state index >= 15 is 0 Å². The largest absolute Gasteiger partial charge is 0.472 e. The molecule has 0 amide bonds. The van der Waals surface area contributed by atoms with Gasteiger partial charge in [-0.15, -0.1) is 0 Å². The summed E-state index contributed by atoms with van der Waals surface area (Å²) in [7, 11) is 0. The summed E-state index contributed by atoms with van der Waals surface area (Å²) in [5.74, 6) is 1.55. The fourth-order valence-electron chi connectivity index (χ4n) is 1.36. The summed E-state index contributed by atoms with van der Waals surface area (Å²) in [6, 6.07) is 1.91. The first kappa shape index (κ1) is 11.9. The first-order valence-electron chi connectivity index (χ1n) is 5.30. The third-order valence-electron chi connectivity index (χ3n) is 2.17. The lowest BCUT2D eigenvalue weighted by Crippen LogP contribution is -2.06. The second-order valence-electron chi connectivity index (χ2n) is 3.40. The lowest BCUT2D eigenvalue weighted by Gasteiger charge is -2.09. The van der Waals surface area contributed by atoms with Crippen LogP contribution >= 0.6 is 15.9 Å². The third kappa shape index (κ3) is 2.97. The Bertz CT molecular complexity index is 472. The minimum atomic E-state index is 0.664. The van der Waals surface area contributed by atoms with Crippen molar-refractivity contribution in [3.05, 3.63) is 35.0 Å². The summed E-state index contributed by atoms with van der Waals surface area (Å²) < 4.78 is 5.84. The number of halogens is 1. The molecule has 6 heteroatoms. The Morgan fingerprint density at radius 3 is 2.71 bits per heavy atom. The van der Waals surface area contributed by atoms with Gasteiger partial charge in [0.15, 0.2) is 0 Å². The molecule has 0 aromatic carbocycles. The van der Waals surface area contributed by atoms with E-state index in [-0.39, 0.29) is 0 Å². The number of hydrogen-bond acceptors (Lipinski definition) is 5. The van der Waals surface area contributed by atoms with Crippen molar-refractivity contribution in [2.75, 3.05) is 17.2 Å². The number of nitrogens with one attached hydrogen (secondary N) is 2. The Morgan fingerprint density at radius 2 is 2.06 bits per heavy atom. The van der Waals surface area contributed by atoms with Crippen LogP contribution in [0.2, 0.25) is 0 Å². The van der Waals surface area contributed by atoms with E-state index in [4.69, 9.17) is 4.42 Å². The lowest BCUT2D eigenvalue weighted by atomic mass is 10.3. The van der Waals surface area contributed by atoms with Gasteiger partial charge in [0.2, 0.25) is 0 Å². The molecule has 0 fully saturated rings. The highest BCUT2D eigenvalue weighted by Gasteiger charge is 2.07. The Kier molecular flexibility index (Phi) is 3.98. The first-order chi connectivity index (χ1) is 8.31. The summed E-state index contributed by atoms with van der Waals surface area (Å²) >= 11 is 3.47. The molecule has 2 heterocycles. The van der Waals surface area contributed by atoms with E-state index in [0.29, 0.717) is 6.54 Å². The molecule has 0 aliphatic rings. The standard InChI is InChI=1S/C11H13BrN4O/c1-2-13-10-9(12)11(16-7-15-10)14-5-8-3-4-17-6-8/h3-4,6-7H,2,5H2,1H3,(H2,13,14,15,16). The van der Waals surface area contributed by atoms with Crippen LogP contribution in [0, 0.1) is 0 Å². The molecule has 0 unspecified atom stereocenters. The normalized spacial score (nSPS) is 10.2. The SMILES string of the molecule is CCNc1ncnc(NCc2ccoc2)c1Br. The predicted octanol–water partition coefficient (Wildman–Crippen LogP) is 2.88. The monoisotopic (exact) mass is 296 g/mol. The first-order valence-corrected chi connectivity index (χ1v) is 6.10. The van der Waals surface area contributed by atoms with Gasteiger partial charge in [0.05, 0.1) is 12.5 Å². The number of aromatic nitrogens is 2. The van der Waals surface area contributed by atoms with Gasteiger partial charge in [-0.25, -0.2) is 9.97 Å². The molecule has 2 rings (SSSR count). The minimum Gasteiger partial charge on any atom is -0.472 e. The zero-order valence-electron chi connectivity index (χ0n) is 9.40. The predicted molar refractivity (Wildman–Crippen MR) is 69.9 cm³/mol. The highest BCUT2D eigenvalue weighted by molar-refractivity contribution is 9.10. The zero-order valence-corrected chi connectivity index (χ0v) is 11.0. The summed E-state index contributed by atoms with van der Waals surface area (Å²) in [5.41, 5.74) is 1.07. The molecule has 0 atom stereocenters. The van der Waals surface area contributed by atoms with Gasteiger partial charge in [-0.2, -0.15) is 0 Å². The van der Waals surface area contributed by atoms with E-state index in [1.165, 1.54) is 6.33 Å². The van der Waals surface area contributed by atoms with E-state index in [2.05, 4.69) is 36.5 Å². The Hall–Kier alpha value is -1.56. The summed E-state index contributed by atoms with van der Waals surface area (Å²) in [6.07, 6.45) is 4.88. The van der Waals surface area contributed by atoms with Gasteiger partial charge in [-0.1, -0.05) is 0 Å². The van der Waals surface area contributed by atoms with E-state index in [1.807, 2.05) is 13.0 Å². The molecule has 0 spiro atoms. The molecule has 0 radical (unpaired) electrons. The molecule has 2 aromatic heterocycles. The van der Waals surface area contributed by atoms with Crippen LogP contribution < -0.4 is 10.6 Å². The Labute approximate surface area is 108 Å². The van der Waals surface area contributed by atoms with Gasteiger partial charge in [0.1, 0.15) is 22.4 Å². The fraction of sp³-hybridized carbons (Fsp3) is 0.273. The summed E-state index contributed by atoms with van der Waals surface area (Å²) in [4.78, 5) is 8.33. The molecular formula is C11H13BrN4O. The molecule has 17 heavy (non-hydrogen) atoms. The van der Waals surface area contributed by atoms with Crippen LogP contribution in [0.5, 0.6) is 0 Å². The fourth-order valence-corrected chi connectivity index (χ4v) is 1.85. The zero-order chi connectivity index (χ0) is 12.1. The highest BCUT2D eigenvalue weighted by atomic mass is 79.9. The third-order valence-corrected chi connectivity index (χ3v) is 2.92. The quantitative estimate of drug-likeness (QED) is 0.888. The van der Waals surface area contributed by atoms with Crippen LogP contribution in [0.25, 0.3) is 0 Å². The van der Waals surface area contributed by atoms with Crippen molar-refractivity contribution in [2.45, 2.75) is 13.5 Å². The molecule has 0 aliphatic heterocycles. The number of hydrogen-bond donors (Lipinski definition) is 2. The smallest absolute Gasteiger partial charge is 0.146 e. The van der Waals surface area contributed by atoms with Crippen molar-refractivity contribution >= 4 is 27.6 Å². The Balaban J connectivity index is 2.07. The van der Waals surface area contributed by atoms with Crippen molar-refractivity contribution in [1.29, 1.82) is 0 Å². The van der Waals surface area contributed by atoms with Crippen molar-refractivity contribution in [2.24, 2.45) is 0 Å². The van der Waals surface area contributed by atoms with Gasteiger partial charge >= 0.3 is 0 Å². The maximum Gasteiger partial charge on any atom is 0.146 e. The van der Waals surface area contributed by atoms with E-state index in [0.717, 1.165) is 28.2 Å². The van der Waals surface area contributed by atoms with Crippen molar-refractivity contribution in [3.63, 3.8) is 0 Å². The molecule has 0 saturated heterocycles. The summed E-state index contributed by atoms with van der Waals surface area (Å²) in [6.45, 7) is 3.50. The van der Waals surface area contributed by atoms with Crippen LogP contribution in [-0.4, -0.2) is 16.5 Å². The number of anilines is 2. The topological polar surface area (TPSA) is 63.0 Å². The molecule has 2 N–H and O–H groups in total. The van der Waals surface area contributed by atoms with E-state index < -0.39 is 0 Å². The molecular weight excluding hydrogens is 284 g/mol. The molecule has 0 saturated carbocycles. The molecule has 0 bridgehead atoms. The van der Waals surface area contributed by atoms with Crippen LogP contribution in [0.4, 0.5) is 11.6 Å². The summed E-state index contributed by atoms with van der Waals surface area (Å²) in [5, 5.41) is 6.37. The average Bonchev–Trinajstić information content (AvgIpc) is 2.83. The van der Waals surface area contributed by atoms with Gasteiger partial charge in [0.25, 0.3) is 0 Å². The van der Waals surface area contributed by atoms with Gasteiger partial charge < -0.3 is 15.1 Å². The highest BCUT2D eigenvalue weighted by Crippen LogP contribution is 2.26. The van der Waals surface area contributed by atoms with Crippen LogP contribution in [-0.2, 0) is 6.54 Å². The van der Waals surface area contributed by atoms with E-state index in [9.17, 15) is 0 Å². The second kappa shape index (κ2) is 5.67. The molecule has 90 valence electrons. The average molecular weight is 297 g/mol. The van der Waals surface area contributed by atoms with Crippen LogP contribution in [0.3, 0.4) is 0 Å².